The Morgan fingerprint density at radius 2 is 1.86 bits per heavy atom. The summed E-state index contributed by atoms with van der Waals surface area (Å²) in [5.74, 6) is -0.363. The number of hydrazone groups is 1. The number of carbonyl (C=O) groups is 2. The van der Waals surface area contributed by atoms with Gasteiger partial charge in [-0.25, -0.2) is 5.01 Å². The number of hydrogen-bond acceptors (Lipinski definition) is 5. The summed E-state index contributed by atoms with van der Waals surface area (Å²) in [6, 6.07) is 7.92. The highest BCUT2D eigenvalue weighted by molar-refractivity contribution is 8.14. The first-order chi connectivity index (χ1) is 9.88. The molecule has 1 heterocycles. The van der Waals surface area contributed by atoms with Crippen molar-refractivity contribution in [1.82, 2.24) is 10.3 Å². The first-order valence-electron chi connectivity index (χ1n) is 6.48. The Kier molecular flexibility index (Phi) is 4.52. The molecule has 112 valence electrons. The van der Waals surface area contributed by atoms with E-state index in [-0.39, 0.29) is 17.2 Å². The van der Waals surface area contributed by atoms with E-state index in [0.29, 0.717) is 5.17 Å². The Morgan fingerprint density at radius 1 is 1.24 bits per heavy atom. The second kappa shape index (κ2) is 6.17. The minimum Gasteiger partial charge on any atom is -0.378 e. The van der Waals surface area contributed by atoms with E-state index in [2.05, 4.69) is 10.4 Å². The maximum absolute atomic E-state index is 11.7. The van der Waals surface area contributed by atoms with Gasteiger partial charge in [-0.05, 0) is 17.7 Å². The molecule has 1 aromatic rings. The van der Waals surface area contributed by atoms with Gasteiger partial charge in [0.25, 0.3) is 0 Å². The molecule has 0 unspecified atom stereocenters. The lowest BCUT2D eigenvalue weighted by molar-refractivity contribution is -0.129. The Hall–Kier alpha value is -2.02. The highest BCUT2D eigenvalue weighted by Gasteiger charge is 2.32. The van der Waals surface area contributed by atoms with E-state index in [9.17, 15) is 9.59 Å². The molecule has 1 aromatic carbocycles. The van der Waals surface area contributed by atoms with E-state index in [1.54, 1.807) is 0 Å². The summed E-state index contributed by atoms with van der Waals surface area (Å²) in [5, 5.41) is 8.38. The number of nitrogens with one attached hydrogen (secondary N) is 1. The summed E-state index contributed by atoms with van der Waals surface area (Å²) < 4.78 is 0. The van der Waals surface area contributed by atoms with Crippen molar-refractivity contribution in [3.8, 4) is 0 Å². The molecule has 1 aliphatic heterocycles. The lowest BCUT2D eigenvalue weighted by atomic mass is 10.2. The molecule has 0 radical (unpaired) electrons. The highest BCUT2D eigenvalue weighted by atomic mass is 32.2. The summed E-state index contributed by atoms with van der Waals surface area (Å²) in [6.45, 7) is 2.88. The van der Waals surface area contributed by atoms with Gasteiger partial charge in [0.1, 0.15) is 5.37 Å². The molecule has 0 spiro atoms. The fourth-order valence-corrected chi connectivity index (χ4v) is 3.05. The molecule has 0 saturated heterocycles. The number of amides is 2. The normalized spacial score (nSPS) is 17.4. The standard InChI is InChI=1S/C14H18N4O2S/c1-9(19)15-14-16-18(10(2)20)13(21-14)11-5-7-12(8-6-11)17(3)4/h5-8,13H,1-4H3,(H,15,16,19)/t13-/m1/s1. The van der Waals surface area contributed by atoms with Crippen molar-refractivity contribution in [1.29, 1.82) is 0 Å². The zero-order valence-electron chi connectivity index (χ0n) is 12.5. The van der Waals surface area contributed by atoms with Crippen LogP contribution in [0, 0.1) is 0 Å². The Labute approximate surface area is 128 Å². The molecular formula is C14H18N4O2S. The summed E-state index contributed by atoms with van der Waals surface area (Å²) >= 11 is 1.35. The van der Waals surface area contributed by atoms with Gasteiger partial charge in [0.05, 0.1) is 0 Å². The maximum Gasteiger partial charge on any atom is 0.241 e. The third kappa shape index (κ3) is 3.55. The average Bonchev–Trinajstić information content (AvgIpc) is 2.82. The molecule has 7 heteroatoms. The van der Waals surface area contributed by atoms with Gasteiger partial charge >= 0.3 is 0 Å². The fraction of sp³-hybridized carbons (Fsp3) is 0.357. The van der Waals surface area contributed by atoms with Crippen LogP contribution >= 0.6 is 11.8 Å². The van der Waals surface area contributed by atoms with Gasteiger partial charge in [-0.3, -0.25) is 9.59 Å². The van der Waals surface area contributed by atoms with Crippen molar-refractivity contribution in [3.63, 3.8) is 0 Å². The van der Waals surface area contributed by atoms with E-state index in [1.807, 2.05) is 43.3 Å². The van der Waals surface area contributed by atoms with Crippen LogP contribution in [-0.2, 0) is 9.59 Å². The van der Waals surface area contributed by atoms with Crippen LogP contribution in [0.15, 0.2) is 29.4 Å². The molecule has 21 heavy (non-hydrogen) atoms. The van der Waals surface area contributed by atoms with E-state index < -0.39 is 0 Å². The summed E-state index contributed by atoms with van der Waals surface area (Å²) in [5.41, 5.74) is 2.05. The minimum absolute atomic E-state index is 0.162. The number of nitrogens with zero attached hydrogens (tertiary/aromatic N) is 3. The van der Waals surface area contributed by atoms with Gasteiger partial charge in [-0.2, -0.15) is 0 Å². The predicted octanol–water partition coefficient (Wildman–Crippen LogP) is 1.75. The van der Waals surface area contributed by atoms with Gasteiger partial charge < -0.3 is 10.2 Å². The third-order valence-electron chi connectivity index (χ3n) is 2.94. The molecule has 0 saturated carbocycles. The van der Waals surface area contributed by atoms with Crippen LogP contribution in [0.1, 0.15) is 24.8 Å². The first-order valence-corrected chi connectivity index (χ1v) is 7.36. The Bertz CT molecular complexity index is 583. The number of carbonyl (C=O) groups excluding carboxylic acids is 2. The molecule has 1 aliphatic rings. The summed E-state index contributed by atoms with van der Waals surface area (Å²) in [7, 11) is 3.94. The number of anilines is 1. The summed E-state index contributed by atoms with van der Waals surface area (Å²) in [4.78, 5) is 24.9. The van der Waals surface area contributed by atoms with Crippen molar-refractivity contribution in [2.45, 2.75) is 19.2 Å². The van der Waals surface area contributed by atoms with Crippen LogP contribution in [0.4, 0.5) is 5.69 Å². The largest absolute Gasteiger partial charge is 0.378 e. The lowest BCUT2D eigenvalue weighted by Gasteiger charge is -2.20. The van der Waals surface area contributed by atoms with Gasteiger partial charge in [0, 0.05) is 33.6 Å². The van der Waals surface area contributed by atoms with E-state index in [1.165, 1.54) is 30.6 Å². The van der Waals surface area contributed by atoms with Crippen molar-refractivity contribution >= 4 is 34.4 Å². The third-order valence-corrected chi connectivity index (χ3v) is 4.05. The second-order valence-corrected chi connectivity index (χ2v) is 5.98. The second-order valence-electron chi connectivity index (χ2n) is 4.91. The molecule has 0 aromatic heterocycles. The maximum atomic E-state index is 11.7. The SMILES string of the molecule is CC(=O)NC1=NN(C(C)=O)[C@@H](c2ccc(N(C)C)cc2)S1. The molecular weight excluding hydrogens is 288 g/mol. The molecule has 0 fully saturated rings. The first kappa shape index (κ1) is 15.4. The van der Waals surface area contributed by atoms with Gasteiger partial charge in [-0.15, -0.1) is 5.10 Å². The van der Waals surface area contributed by atoms with Crippen LogP contribution in [0.25, 0.3) is 0 Å². The molecule has 6 nitrogen and oxygen atoms in total. The van der Waals surface area contributed by atoms with E-state index >= 15 is 0 Å². The molecule has 2 amide bonds. The van der Waals surface area contributed by atoms with Crippen molar-refractivity contribution in [2.24, 2.45) is 5.10 Å². The molecule has 1 atom stereocenters. The molecule has 2 rings (SSSR count). The topological polar surface area (TPSA) is 65.0 Å². The zero-order valence-corrected chi connectivity index (χ0v) is 13.3. The summed E-state index contributed by atoms with van der Waals surface area (Å²) in [6.07, 6.45) is 0. The quantitative estimate of drug-likeness (QED) is 0.904. The van der Waals surface area contributed by atoms with Gasteiger partial charge in [0.2, 0.25) is 11.8 Å². The Balaban J connectivity index is 2.22. The predicted molar refractivity (Wildman–Crippen MR) is 84.9 cm³/mol. The fourth-order valence-electron chi connectivity index (χ4n) is 1.92. The van der Waals surface area contributed by atoms with Crippen molar-refractivity contribution < 1.29 is 9.59 Å². The molecule has 1 N–H and O–H groups in total. The van der Waals surface area contributed by atoms with Crippen LogP contribution in [-0.4, -0.2) is 36.1 Å². The number of thioether (sulfide) groups is 1. The minimum atomic E-state index is -0.249. The molecule has 0 bridgehead atoms. The van der Waals surface area contributed by atoms with Crippen LogP contribution in [0.3, 0.4) is 0 Å². The van der Waals surface area contributed by atoms with Crippen LogP contribution in [0.2, 0.25) is 0 Å². The number of rotatable bonds is 2. The van der Waals surface area contributed by atoms with Crippen LogP contribution in [0.5, 0.6) is 0 Å². The number of benzene rings is 1. The Morgan fingerprint density at radius 3 is 2.33 bits per heavy atom. The van der Waals surface area contributed by atoms with Crippen molar-refractivity contribution in [3.05, 3.63) is 29.8 Å². The number of amidine groups is 1. The highest BCUT2D eigenvalue weighted by Crippen LogP contribution is 2.38. The van der Waals surface area contributed by atoms with Crippen molar-refractivity contribution in [2.75, 3.05) is 19.0 Å². The number of hydrogen-bond donors (Lipinski definition) is 1. The van der Waals surface area contributed by atoms with E-state index in [4.69, 9.17) is 0 Å². The van der Waals surface area contributed by atoms with Crippen LogP contribution < -0.4 is 10.2 Å². The zero-order chi connectivity index (χ0) is 15.6. The van der Waals surface area contributed by atoms with Gasteiger partial charge in [-0.1, -0.05) is 23.9 Å². The smallest absolute Gasteiger partial charge is 0.241 e. The average molecular weight is 306 g/mol. The molecule has 0 aliphatic carbocycles. The monoisotopic (exact) mass is 306 g/mol. The van der Waals surface area contributed by atoms with E-state index in [0.717, 1.165) is 11.3 Å². The van der Waals surface area contributed by atoms with Gasteiger partial charge in [0.15, 0.2) is 5.17 Å². The lowest BCUT2D eigenvalue weighted by Crippen LogP contribution is -2.25.